The maximum absolute atomic E-state index is 10.2. The molecular formula is C10H21NO2S. The van der Waals surface area contributed by atoms with E-state index in [0.29, 0.717) is 6.54 Å². The molecule has 0 fully saturated rings. The topological polar surface area (TPSA) is 49.3 Å². The molecule has 0 saturated heterocycles. The van der Waals surface area contributed by atoms with Gasteiger partial charge in [0.2, 0.25) is 0 Å². The van der Waals surface area contributed by atoms with Gasteiger partial charge in [0, 0.05) is 6.54 Å². The molecule has 0 bridgehead atoms. The third-order valence-electron chi connectivity index (χ3n) is 1.97. The molecule has 3 nitrogen and oxygen atoms in total. The van der Waals surface area contributed by atoms with Gasteiger partial charge in [0.05, 0.1) is 6.42 Å². The predicted molar refractivity (Wildman–Crippen MR) is 62.0 cm³/mol. The predicted octanol–water partition coefficient (Wildman–Crippen LogP) is 1.97. The average Bonchev–Trinajstić information content (AvgIpc) is 2.15. The Morgan fingerprint density at radius 3 is 2.57 bits per heavy atom. The zero-order valence-electron chi connectivity index (χ0n) is 8.92. The number of aliphatic carboxylic acids is 1. The van der Waals surface area contributed by atoms with Gasteiger partial charge >= 0.3 is 5.97 Å². The molecule has 0 saturated carbocycles. The molecule has 0 aromatic carbocycles. The monoisotopic (exact) mass is 219 g/mol. The first-order valence-electron chi connectivity index (χ1n) is 5.19. The summed E-state index contributed by atoms with van der Waals surface area (Å²) in [6, 6.07) is 0. The number of carboxylic acids is 1. The van der Waals surface area contributed by atoms with Gasteiger partial charge in [0.25, 0.3) is 0 Å². The Hall–Kier alpha value is -0.220. The van der Waals surface area contributed by atoms with Crippen molar-refractivity contribution in [2.75, 3.05) is 25.1 Å². The van der Waals surface area contributed by atoms with Crippen LogP contribution in [0, 0.1) is 0 Å². The molecule has 4 heteroatoms. The quantitative estimate of drug-likeness (QED) is 0.552. The van der Waals surface area contributed by atoms with E-state index < -0.39 is 5.97 Å². The second kappa shape index (κ2) is 10.9. The third-order valence-corrected chi connectivity index (χ3v) is 2.66. The Morgan fingerprint density at radius 1 is 1.21 bits per heavy atom. The van der Waals surface area contributed by atoms with Crippen LogP contribution < -0.4 is 5.32 Å². The van der Waals surface area contributed by atoms with Crippen molar-refractivity contribution in [1.82, 2.24) is 5.32 Å². The van der Waals surface area contributed by atoms with Crippen LogP contribution in [0.1, 0.15) is 32.1 Å². The molecule has 0 aliphatic carbocycles. The summed E-state index contributed by atoms with van der Waals surface area (Å²) in [4.78, 5) is 10.2. The number of rotatable bonds is 10. The molecule has 84 valence electrons. The molecule has 0 atom stereocenters. The minimum absolute atomic E-state index is 0.229. The Labute approximate surface area is 90.7 Å². The standard InChI is InChI=1S/C10H21NO2S/c1-14-9-5-3-2-4-7-11-8-6-10(12)13/h11H,2-9H2,1H3,(H,12,13). The first kappa shape index (κ1) is 13.8. The number of carboxylic acid groups (broad SMARTS) is 1. The molecule has 14 heavy (non-hydrogen) atoms. The van der Waals surface area contributed by atoms with Crippen LogP contribution in [-0.4, -0.2) is 36.2 Å². The highest BCUT2D eigenvalue weighted by atomic mass is 32.2. The van der Waals surface area contributed by atoms with Crippen LogP contribution in [0.3, 0.4) is 0 Å². The van der Waals surface area contributed by atoms with Crippen LogP contribution in [0.4, 0.5) is 0 Å². The van der Waals surface area contributed by atoms with E-state index in [1.54, 1.807) is 0 Å². The van der Waals surface area contributed by atoms with Crippen molar-refractivity contribution in [3.8, 4) is 0 Å². The van der Waals surface area contributed by atoms with Crippen molar-refractivity contribution >= 4 is 17.7 Å². The molecule has 0 unspecified atom stereocenters. The lowest BCUT2D eigenvalue weighted by molar-refractivity contribution is -0.136. The van der Waals surface area contributed by atoms with Crippen molar-refractivity contribution in [3.63, 3.8) is 0 Å². The fourth-order valence-electron chi connectivity index (χ4n) is 1.17. The van der Waals surface area contributed by atoms with Gasteiger partial charge in [-0.2, -0.15) is 11.8 Å². The number of thioether (sulfide) groups is 1. The maximum Gasteiger partial charge on any atom is 0.304 e. The minimum Gasteiger partial charge on any atom is -0.481 e. The van der Waals surface area contributed by atoms with Crippen molar-refractivity contribution < 1.29 is 9.90 Å². The fraction of sp³-hybridized carbons (Fsp3) is 0.900. The van der Waals surface area contributed by atoms with Crippen molar-refractivity contribution in [1.29, 1.82) is 0 Å². The van der Waals surface area contributed by atoms with Crippen LogP contribution in [-0.2, 0) is 4.79 Å². The van der Waals surface area contributed by atoms with E-state index in [-0.39, 0.29) is 6.42 Å². The second-order valence-corrected chi connectivity index (χ2v) is 4.29. The van der Waals surface area contributed by atoms with E-state index in [0.717, 1.165) is 13.0 Å². The number of unbranched alkanes of at least 4 members (excludes halogenated alkanes) is 3. The molecule has 0 heterocycles. The van der Waals surface area contributed by atoms with E-state index in [4.69, 9.17) is 5.11 Å². The largest absolute Gasteiger partial charge is 0.481 e. The van der Waals surface area contributed by atoms with Gasteiger partial charge in [-0.25, -0.2) is 0 Å². The molecule has 0 radical (unpaired) electrons. The van der Waals surface area contributed by atoms with Gasteiger partial charge in [0.15, 0.2) is 0 Å². The number of nitrogens with one attached hydrogen (secondary N) is 1. The molecule has 0 rings (SSSR count). The minimum atomic E-state index is -0.725. The Kier molecular flexibility index (Phi) is 10.7. The summed E-state index contributed by atoms with van der Waals surface area (Å²) < 4.78 is 0. The van der Waals surface area contributed by atoms with E-state index in [1.165, 1.54) is 25.0 Å². The lowest BCUT2D eigenvalue weighted by atomic mass is 10.2. The van der Waals surface area contributed by atoms with Crippen LogP contribution in [0.15, 0.2) is 0 Å². The Morgan fingerprint density at radius 2 is 1.93 bits per heavy atom. The lowest BCUT2D eigenvalue weighted by Crippen LogP contribution is -2.19. The first-order valence-corrected chi connectivity index (χ1v) is 6.58. The van der Waals surface area contributed by atoms with E-state index >= 15 is 0 Å². The molecule has 0 aliphatic rings. The van der Waals surface area contributed by atoms with Crippen LogP contribution in [0.2, 0.25) is 0 Å². The molecule has 0 aliphatic heterocycles. The Balaban J connectivity index is 2.88. The summed E-state index contributed by atoms with van der Waals surface area (Å²) >= 11 is 1.90. The summed E-state index contributed by atoms with van der Waals surface area (Å²) in [5, 5.41) is 11.5. The highest BCUT2D eigenvalue weighted by Crippen LogP contribution is 2.03. The lowest BCUT2D eigenvalue weighted by Gasteiger charge is -2.02. The highest BCUT2D eigenvalue weighted by Gasteiger charge is 1.94. The average molecular weight is 219 g/mol. The van der Waals surface area contributed by atoms with E-state index in [1.807, 2.05) is 11.8 Å². The van der Waals surface area contributed by atoms with Crippen molar-refractivity contribution in [2.45, 2.75) is 32.1 Å². The summed E-state index contributed by atoms with van der Waals surface area (Å²) in [5.74, 6) is 0.532. The van der Waals surface area contributed by atoms with Crippen molar-refractivity contribution in [3.05, 3.63) is 0 Å². The first-order chi connectivity index (χ1) is 6.77. The fourth-order valence-corrected chi connectivity index (χ4v) is 1.66. The van der Waals surface area contributed by atoms with Crippen LogP contribution in [0.5, 0.6) is 0 Å². The van der Waals surface area contributed by atoms with Gasteiger partial charge < -0.3 is 10.4 Å². The maximum atomic E-state index is 10.2. The number of hydrogen-bond donors (Lipinski definition) is 2. The number of carbonyl (C=O) groups is 1. The third kappa shape index (κ3) is 11.8. The van der Waals surface area contributed by atoms with Gasteiger partial charge in [-0.15, -0.1) is 0 Å². The normalized spacial score (nSPS) is 10.4. The van der Waals surface area contributed by atoms with Gasteiger partial charge in [-0.1, -0.05) is 12.8 Å². The summed E-state index contributed by atoms with van der Waals surface area (Å²) in [5.41, 5.74) is 0. The van der Waals surface area contributed by atoms with Gasteiger partial charge in [-0.05, 0) is 31.4 Å². The molecule has 0 aromatic heterocycles. The molecular weight excluding hydrogens is 198 g/mol. The SMILES string of the molecule is CSCCCCCCNCCC(=O)O. The highest BCUT2D eigenvalue weighted by molar-refractivity contribution is 7.98. The van der Waals surface area contributed by atoms with Gasteiger partial charge in [0.1, 0.15) is 0 Å². The van der Waals surface area contributed by atoms with Crippen molar-refractivity contribution in [2.24, 2.45) is 0 Å². The van der Waals surface area contributed by atoms with E-state index in [2.05, 4.69) is 11.6 Å². The summed E-state index contributed by atoms with van der Waals surface area (Å²) in [6.07, 6.45) is 7.37. The summed E-state index contributed by atoms with van der Waals surface area (Å²) in [6.45, 7) is 1.55. The van der Waals surface area contributed by atoms with Gasteiger partial charge in [-0.3, -0.25) is 4.79 Å². The zero-order chi connectivity index (χ0) is 10.6. The van der Waals surface area contributed by atoms with E-state index in [9.17, 15) is 4.79 Å². The molecule has 0 amide bonds. The van der Waals surface area contributed by atoms with Crippen LogP contribution >= 0.6 is 11.8 Å². The summed E-state index contributed by atoms with van der Waals surface area (Å²) in [7, 11) is 0. The van der Waals surface area contributed by atoms with Crippen LogP contribution in [0.25, 0.3) is 0 Å². The molecule has 2 N–H and O–H groups in total. The second-order valence-electron chi connectivity index (χ2n) is 3.30. The smallest absolute Gasteiger partial charge is 0.304 e. The Bertz CT molecular complexity index is 142. The number of hydrogen-bond acceptors (Lipinski definition) is 3. The molecule has 0 spiro atoms. The molecule has 0 aromatic rings. The zero-order valence-corrected chi connectivity index (χ0v) is 9.74.